The molecule has 3 unspecified atom stereocenters. The van der Waals surface area contributed by atoms with Crippen molar-refractivity contribution in [3.63, 3.8) is 0 Å². The highest BCUT2D eigenvalue weighted by atomic mass is 127. The van der Waals surface area contributed by atoms with Gasteiger partial charge in [-0.3, -0.25) is 0 Å². The number of hydrogen-bond donors (Lipinski definition) is 1. The highest BCUT2D eigenvalue weighted by molar-refractivity contribution is 14.0. The first-order valence-electron chi connectivity index (χ1n) is 7.90. The number of aliphatic imine (C=N–C) groups is 1. The summed E-state index contributed by atoms with van der Waals surface area (Å²) >= 11 is 0. The maximum atomic E-state index is 6.24. The number of guanidine groups is 1. The predicted octanol–water partition coefficient (Wildman–Crippen LogP) is 2.36. The molecule has 20 heavy (non-hydrogen) atoms. The van der Waals surface area contributed by atoms with Crippen molar-refractivity contribution >= 4 is 29.9 Å². The zero-order valence-corrected chi connectivity index (χ0v) is 14.6. The van der Waals surface area contributed by atoms with Gasteiger partial charge in [0.25, 0.3) is 0 Å². The molecule has 2 N–H and O–H groups in total. The van der Waals surface area contributed by atoms with E-state index >= 15 is 0 Å². The second-order valence-electron chi connectivity index (χ2n) is 6.96. The van der Waals surface area contributed by atoms with Gasteiger partial charge in [-0.25, -0.2) is 4.99 Å². The largest absolute Gasteiger partial charge is 0.377 e. The molecule has 4 fully saturated rings. The molecule has 0 bridgehead atoms. The third-order valence-electron chi connectivity index (χ3n) is 5.96. The number of fused-ring (bicyclic) bond motifs is 2. The monoisotopic (exact) mass is 391 g/mol. The van der Waals surface area contributed by atoms with E-state index in [0.29, 0.717) is 29.5 Å². The maximum absolute atomic E-state index is 6.24. The highest BCUT2D eigenvalue weighted by Gasteiger charge is 2.65. The summed E-state index contributed by atoms with van der Waals surface area (Å²) < 4.78 is 6.00. The summed E-state index contributed by atoms with van der Waals surface area (Å²) in [6.45, 7) is 0.932. The van der Waals surface area contributed by atoms with Crippen molar-refractivity contribution in [2.45, 2.75) is 63.1 Å². The molecule has 0 radical (unpaired) electrons. The van der Waals surface area contributed by atoms with Crippen LogP contribution in [0, 0.1) is 11.3 Å². The van der Waals surface area contributed by atoms with E-state index in [9.17, 15) is 0 Å². The van der Waals surface area contributed by atoms with Crippen molar-refractivity contribution in [2.24, 2.45) is 22.1 Å². The molecule has 4 aliphatic rings. The average Bonchev–Trinajstić information content (AvgIpc) is 2.96. The Morgan fingerprint density at radius 1 is 1.25 bits per heavy atom. The van der Waals surface area contributed by atoms with Gasteiger partial charge in [0.05, 0.1) is 12.1 Å². The van der Waals surface area contributed by atoms with Crippen LogP contribution in [0.1, 0.15) is 44.9 Å². The van der Waals surface area contributed by atoms with Crippen LogP contribution in [-0.4, -0.2) is 42.7 Å². The van der Waals surface area contributed by atoms with Gasteiger partial charge in [0, 0.05) is 31.0 Å². The summed E-state index contributed by atoms with van der Waals surface area (Å²) in [4.78, 5) is 7.15. The summed E-state index contributed by atoms with van der Waals surface area (Å²) in [6, 6.07) is 1.09. The second-order valence-corrected chi connectivity index (χ2v) is 6.96. The highest BCUT2D eigenvalue weighted by Crippen LogP contribution is 2.62. The normalized spacial score (nSPS) is 38.2. The number of hydrogen-bond acceptors (Lipinski definition) is 2. The number of nitrogens with zero attached hydrogens (tertiary/aromatic N) is 2. The van der Waals surface area contributed by atoms with Crippen LogP contribution in [0.5, 0.6) is 0 Å². The van der Waals surface area contributed by atoms with E-state index in [0.717, 1.165) is 12.6 Å². The third-order valence-corrected chi connectivity index (χ3v) is 5.96. The van der Waals surface area contributed by atoms with Gasteiger partial charge < -0.3 is 15.4 Å². The Morgan fingerprint density at radius 2 is 1.95 bits per heavy atom. The van der Waals surface area contributed by atoms with E-state index in [-0.39, 0.29) is 24.0 Å². The molecule has 3 atom stereocenters. The van der Waals surface area contributed by atoms with Gasteiger partial charge in [-0.1, -0.05) is 12.8 Å². The fourth-order valence-corrected chi connectivity index (χ4v) is 4.72. The van der Waals surface area contributed by atoms with Crippen LogP contribution in [0.25, 0.3) is 0 Å². The lowest BCUT2D eigenvalue weighted by atomic mass is 9.54. The van der Waals surface area contributed by atoms with Crippen molar-refractivity contribution < 1.29 is 4.74 Å². The van der Waals surface area contributed by atoms with Gasteiger partial charge in [0.2, 0.25) is 0 Å². The molecule has 3 aliphatic carbocycles. The van der Waals surface area contributed by atoms with Crippen molar-refractivity contribution in [2.75, 3.05) is 13.7 Å². The van der Waals surface area contributed by atoms with Gasteiger partial charge >= 0.3 is 0 Å². The van der Waals surface area contributed by atoms with E-state index in [1.807, 2.05) is 0 Å². The number of halogens is 1. The van der Waals surface area contributed by atoms with Crippen molar-refractivity contribution in [3.8, 4) is 0 Å². The molecule has 1 saturated heterocycles. The molecular formula is C15H26IN3O. The van der Waals surface area contributed by atoms with Crippen LogP contribution in [0.2, 0.25) is 0 Å². The van der Waals surface area contributed by atoms with Crippen molar-refractivity contribution in [1.29, 1.82) is 0 Å². The molecule has 0 amide bonds. The van der Waals surface area contributed by atoms with Gasteiger partial charge in [0.1, 0.15) is 0 Å². The first-order chi connectivity index (χ1) is 9.22. The molecule has 1 spiro atoms. The summed E-state index contributed by atoms with van der Waals surface area (Å²) in [5.74, 6) is 1.41. The van der Waals surface area contributed by atoms with Crippen LogP contribution >= 0.6 is 24.0 Å². The lowest BCUT2D eigenvalue weighted by Crippen LogP contribution is -2.61. The molecule has 0 aromatic heterocycles. The summed E-state index contributed by atoms with van der Waals surface area (Å²) in [6.07, 6.45) is 9.50. The minimum absolute atomic E-state index is 0. The van der Waals surface area contributed by atoms with Crippen molar-refractivity contribution in [3.05, 3.63) is 0 Å². The Balaban J connectivity index is 0.00000121. The minimum Gasteiger partial charge on any atom is -0.377 e. The summed E-state index contributed by atoms with van der Waals surface area (Å²) in [5.41, 5.74) is 6.58. The zero-order valence-electron chi connectivity index (χ0n) is 12.3. The fraction of sp³-hybridized carbons (Fsp3) is 0.933. The smallest absolute Gasteiger partial charge is 0.191 e. The first kappa shape index (κ1) is 14.9. The summed E-state index contributed by atoms with van der Waals surface area (Å²) in [7, 11) is 2.10. The molecule has 1 aliphatic heterocycles. The first-order valence-corrected chi connectivity index (χ1v) is 7.90. The topological polar surface area (TPSA) is 50.8 Å². The fourth-order valence-electron chi connectivity index (χ4n) is 4.72. The van der Waals surface area contributed by atoms with Crippen LogP contribution in [-0.2, 0) is 4.74 Å². The lowest BCUT2D eigenvalue weighted by molar-refractivity contribution is -0.117. The molecule has 1 heterocycles. The number of nitrogens with two attached hydrogens (primary N) is 1. The van der Waals surface area contributed by atoms with Crippen LogP contribution in [0.4, 0.5) is 0 Å². The molecule has 0 aromatic rings. The van der Waals surface area contributed by atoms with Crippen molar-refractivity contribution in [1.82, 2.24) is 4.90 Å². The molecule has 114 valence electrons. The van der Waals surface area contributed by atoms with E-state index in [1.165, 1.54) is 44.9 Å². The Morgan fingerprint density at radius 3 is 2.60 bits per heavy atom. The van der Waals surface area contributed by atoms with Crippen LogP contribution in [0.3, 0.4) is 0 Å². The SMILES string of the molecule is CN(C(N)=NC1C2CCOC2C12CCCC2)C1CC1.I. The molecule has 4 rings (SSSR count). The Hall–Kier alpha value is -0.0400. The molecule has 3 saturated carbocycles. The number of ether oxygens (including phenoxy) is 1. The van der Waals surface area contributed by atoms with Gasteiger partial charge in [-0.05, 0) is 32.1 Å². The predicted molar refractivity (Wildman–Crippen MR) is 90.4 cm³/mol. The Bertz CT molecular complexity index is 404. The van der Waals surface area contributed by atoms with Gasteiger partial charge in [-0.2, -0.15) is 0 Å². The van der Waals surface area contributed by atoms with E-state index in [1.54, 1.807) is 0 Å². The molecule has 4 nitrogen and oxygen atoms in total. The number of rotatable bonds is 2. The lowest BCUT2D eigenvalue weighted by Gasteiger charge is -2.54. The van der Waals surface area contributed by atoms with E-state index < -0.39 is 0 Å². The maximum Gasteiger partial charge on any atom is 0.191 e. The minimum atomic E-state index is 0. The molecular weight excluding hydrogens is 365 g/mol. The van der Waals surface area contributed by atoms with Crippen LogP contribution < -0.4 is 5.73 Å². The summed E-state index contributed by atoms with van der Waals surface area (Å²) in [5, 5.41) is 0. The third kappa shape index (κ3) is 2.07. The average molecular weight is 391 g/mol. The quantitative estimate of drug-likeness (QED) is 0.447. The van der Waals surface area contributed by atoms with Crippen LogP contribution in [0.15, 0.2) is 4.99 Å². The molecule has 5 heteroatoms. The van der Waals surface area contributed by atoms with Gasteiger partial charge in [-0.15, -0.1) is 24.0 Å². The van der Waals surface area contributed by atoms with Gasteiger partial charge in [0.15, 0.2) is 5.96 Å². The second kappa shape index (κ2) is 5.30. The zero-order chi connectivity index (χ0) is 13.0. The van der Waals surface area contributed by atoms with E-state index in [2.05, 4.69) is 11.9 Å². The Kier molecular flexibility index (Phi) is 3.95. The van der Waals surface area contributed by atoms with E-state index in [4.69, 9.17) is 15.5 Å². The standard InChI is InChI=1S/C15H25N3O.HI/c1-18(10-4-5-10)14(16)17-12-11-6-9-19-13(11)15(12)7-2-3-8-15;/h10-13H,2-9H2,1H3,(H2,16,17);1H. The molecule has 0 aromatic carbocycles. The Labute approximate surface area is 138 Å².